The molecule has 0 spiro atoms. The van der Waals surface area contributed by atoms with Crippen molar-refractivity contribution in [2.75, 3.05) is 21.5 Å². The molecular formula is C28H23N3O4S. The Morgan fingerprint density at radius 2 is 1.44 bits per heavy atom. The van der Waals surface area contributed by atoms with Gasteiger partial charge in [0.2, 0.25) is 0 Å². The van der Waals surface area contributed by atoms with Gasteiger partial charge in [-0.3, -0.25) is 14.3 Å². The molecule has 0 saturated heterocycles. The molecule has 5 rings (SSSR count). The van der Waals surface area contributed by atoms with E-state index in [2.05, 4.69) is 10.0 Å². The molecule has 2 amide bonds. The standard InChI is InChI=1S/C28H23N3O4S/c32-27(22-8-6-9-24(19-22)30-36(34,35)25-10-2-1-3-11-25)29-23-15-13-21(14-16-23)28(33)31-18-17-20-7-4-5-12-26(20)31/h1-16,19,30H,17-18H2,(H,29,32). The minimum absolute atomic E-state index is 0.0868. The molecule has 36 heavy (non-hydrogen) atoms. The fourth-order valence-corrected chi connectivity index (χ4v) is 5.21. The van der Waals surface area contributed by atoms with E-state index in [0.717, 1.165) is 17.7 Å². The zero-order chi connectivity index (χ0) is 25.1. The molecule has 0 saturated carbocycles. The van der Waals surface area contributed by atoms with Gasteiger partial charge < -0.3 is 10.2 Å². The molecule has 1 aliphatic heterocycles. The van der Waals surface area contributed by atoms with Gasteiger partial charge in [0.05, 0.1) is 4.90 Å². The number of rotatable bonds is 6. The summed E-state index contributed by atoms with van der Waals surface area (Å²) >= 11 is 0. The van der Waals surface area contributed by atoms with E-state index in [1.165, 1.54) is 18.2 Å². The van der Waals surface area contributed by atoms with Gasteiger partial charge in [-0.2, -0.15) is 0 Å². The zero-order valence-corrected chi connectivity index (χ0v) is 20.0. The lowest BCUT2D eigenvalue weighted by Gasteiger charge is -2.17. The summed E-state index contributed by atoms with van der Waals surface area (Å²) in [7, 11) is -3.77. The van der Waals surface area contributed by atoms with Gasteiger partial charge in [0.1, 0.15) is 0 Å². The number of sulfonamides is 1. The van der Waals surface area contributed by atoms with Gasteiger partial charge in [-0.25, -0.2) is 8.42 Å². The van der Waals surface area contributed by atoms with Crippen LogP contribution in [0, 0.1) is 0 Å². The largest absolute Gasteiger partial charge is 0.322 e. The maximum atomic E-state index is 13.0. The fraction of sp³-hybridized carbons (Fsp3) is 0.0714. The third kappa shape index (κ3) is 4.85. The van der Waals surface area contributed by atoms with Crippen LogP contribution in [-0.4, -0.2) is 26.8 Å². The molecule has 0 unspecified atom stereocenters. The maximum Gasteiger partial charge on any atom is 0.261 e. The van der Waals surface area contributed by atoms with Crippen molar-refractivity contribution in [3.05, 3.63) is 120 Å². The van der Waals surface area contributed by atoms with Gasteiger partial charge in [0.25, 0.3) is 21.8 Å². The molecule has 0 fully saturated rings. The van der Waals surface area contributed by atoms with Crippen LogP contribution in [0.2, 0.25) is 0 Å². The monoisotopic (exact) mass is 497 g/mol. The van der Waals surface area contributed by atoms with Gasteiger partial charge in [0, 0.05) is 34.7 Å². The highest BCUT2D eigenvalue weighted by atomic mass is 32.2. The molecule has 1 heterocycles. The van der Waals surface area contributed by atoms with Gasteiger partial charge in [-0.05, 0) is 72.6 Å². The number of anilines is 3. The molecule has 0 aliphatic carbocycles. The van der Waals surface area contributed by atoms with Gasteiger partial charge in [-0.1, -0.05) is 42.5 Å². The van der Waals surface area contributed by atoms with Crippen molar-refractivity contribution in [2.45, 2.75) is 11.3 Å². The highest BCUT2D eigenvalue weighted by Gasteiger charge is 2.25. The summed E-state index contributed by atoms with van der Waals surface area (Å²) in [5, 5.41) is 2.79. The molecule has 4 aromatic rings. The number of carbonyl (C=O) groups excluding carboxylic acids is 2. The van der Waals surface area contributed by atoms with E-state index in [-0.39, 0.29) is 22.1 Å². The van der Waals surface area contributed by atoms with Crippen molar-refractivity contribution in [1.82, 2.24) is 0 Å². The van der Waals surface area contributed by atoms with Crippen LogP contribution in [0.5, 0.6) is 0 Å². The minimum Gasteiger partial charge on any atom is -0.322 e. The Balaban J connectivity index is 1.26. The van der Waals surface area contributed by atoms with E-state index in [1.54, 1.807) is 65.6 Å². The van der Waals surface area contributed by atoms with E-state index >= 15 is 0 Å². The molecule has 4 aromatic carbocycles. The first-order chi connectivity index (χ1) is 17.4. The SMILES string of the molecule is O=C(Nc1ccc(C(=O)N2CCc3ccccc32)cc1)c1cccc(NS(=O)(=O)c2ccccc2)c1. The zero-order valence-electron chi connectivity index (χ0n) is 19.2. The quantitative estimate of drug-likeness (QED) is 0.394. The van der Waals surface area contributed by atoms with Crippen LogP contribution in [0.15, 0.2) is 108 Å². The van der Waals surface area contributed by atoms with Crippen LogP contribution < -0.4 is 14.9 Å². The number of benzene rings is 4. The summed E-state index contributed by atoms with van der Waals surface area (Å²) in [5.74, 6) is -0.487. The number of nitrogens with zero attached hydrogens (tertiary/aromatic N) is 1. The molecule has 2 N–H and O–H groups in total. The van der Waals surface area contributed by atoms with Crippen molar-refractivity contribution in [1.29, 1.82) is 0 Å². The summed E-state index contributed by atoms with van der Waals surface area (Å²) in [5.41, 5.74) is 3.71. The molecule has 0 radical (unpaired) electrons. The normalized spacial score (nSPS) is 12.6. The Morgan fingerprint density at radius 1 is 0.722 bits per heavy atom. The van der Waals surface area contributed by atoms with Gasteiger partial charge in [0.15, 0.2) is 0 Å². The molecule has 0 aromatic heterocycles. The van der Waals surface area contributed by atoms with E-state index in [1.807, 2.05) is 24.3 Å². The predicted octanol–water partition coefficient (Wildman–Crippen LogP) is 4.94. The third-order valence-electron chi connectivity index (χ3n) is 5.95. The molecule has 7 nitrogen and oxygen atoms in total. The summed E-state index contributed by atoms with van der Waals surface area (Å²) < 4.78 is 27.7. The lowest BCUT2D eigenvalue weighted by Crippen LogP contribution is -2.28. The van der Waals surface area contributed by atoms with Crippen LogP contribution in [0.3, 0.4) is 0 Å². The molecule has 180 valence electrons. The lowest BCUT2D eigenvalue weighted by molar-refractivity contribution is 0.0988. The Hall–Kier alpha value is -4.43. The highest BCUT2D eigenvalue weighted by molar-refractivity contribution is 7.92. The van der Waals surface area contributed by atoms with Gasteiger partial charge >= 0.3 is 0 Å². The van der Waals surface area contributed by atoms with Crippen molar-refractivity contribution >= 4 is 38.9 Å². The van der Waals surface area contributed by atoms with Crippen LogP contribution in [0.1, 0.15) is 26.3 Å². The number of amides is 2. The van der Waals surface area contributed by atoms with Gasteiger partial charge in [-0.15, -0.1) is 0 Å². The van der Waals surface area contributed by atoms with Crippen LogP contribution in [-0.2, 0) is 16.4 Å². The molecule has 1 aliphatic rings. The Bertz CT molecular complexity index is 1530. The first-order valence-corrected chi connectivity index (χ1v) is 12.9. The number of hydrogen-bond acceptors (Lipinski definition) is 4. The smallest absolute Gasteiger partial charge is 0.261 e. The second-order valence-corrected chi connectivity index (χ2v) is 10.0. The summed E-state index contributed by atoms with van der Waals surface area (Å²) in [6.45, 7) is 0.640. The fourth-order valence-electron chi connectivity index (χ4n) is 4.14. The molecule has 0 atom stereocenters. The number of carbonyl (C=O) groups is 2. The summed E-state index contributed by atoms with van der Waals surface area (Å²) in [6.07, 6.45) is 0.830. The number of hydrogen-bond donors (Lipinski definition) is 2. The van der Waals surface area contributed by atoms with Crippen molar-refractivity contribution in [2.24, 2.45) is 0 Å². The van der Waals surface area contributed by atoms with E-state index in [9.17, 15) is 18.0 Å². The molecule has 8 heteroatoms. The summed E-state index contributed by atoms with van der Waals surface area (Å²) in [4.78, 5) is 27.7. The number of nitrogens with one attached hydrogen (secondary N) is 2. The first kappa shape index (κ1) is 23.3. The van der Waals surface area contributed by atoms with E-state index in [4.69, 9.17) is 0 Å². The first-order valence-electron chi connectivity index (χ1n) is 11.4. The predicted molar refractivity (Wildman–Crippen MR) is 140 cm³/mol. The Morgan fingerprint density at radius 3 is 2.22 bits per heavy atom. The van der Waals surface area contributed by atoms with Crippen molar-refractivity contribution < 1.29 is 18.0 Å². The second kappa shape index (κ2) is 9.67. The average Bonchev–Trinajstić information content (AvgIpc) is 3.33. The van der Waals surface area contributed by atoms with Crippen LogP contribution in [0.4, 0.5) is 17.1 Å². The number of para-hydroxylation sites is 1. The van der Waals surface area contributed by atoms with Crippen LogP contribution in [0.25, 0.3) is 0 Å². The Labute approximate surface area is 209 Å². The molecule has 0 bridgehead atoms. The Kier molecular flexibility index (Phi) is 6.26. The third-order valence-corrected chi connectivity index (χ3v) is 7.35. The average molecular weight is 498 g/mol. The van der Waals surface area contributed by atoms with Crippen molar-refractivity contribution in [3.8, 4) is 0 Å². The summed E-state index contributed by atoms with van der Waals surface area (Å²) in [6, 6.07) is 28.8. The lowest BCUT2D eigenvalue weighted by atomic mass is 10.1. The maximum absolute atomic E-state index is 13.0. The molecular weight excluding hydrogens is 474 g/mol. The minimum atomic E-state index is -3.77. The van der Waals surface area contributed by atoms with Crippen molar-refractivity contribution in [3.63, 3.8) is 0 Å². The van der Waals surface area contributed by atoms with E-state index < -0.39 is 15.9 Å². The second-order valence-electron chi connectivity index (χ2n) is 8.37. The number of fused-ring (bicyclic) bond motifs is 1. The van der Waals surface area contributed by atoms with E-state index in [0.29, 0.717) is 17.8 Å². The topological polar surface area (TPSA) is 95.6 Å². The van der Waals surface area contributed by atoms with Crippen LogP contribution >= 0.6 is 0 Å². The highest BCUT2D eigenvalue weighted by Crippen LogP contribution is 2.29.